The average molecular weight is 458 g/mol. The number of allylic oxidation sites excluding steroid dienone is 1. The molecule has 4 rings (SSSR count). The lowest BCUT2D eigenvalue weighted by atomic mass is 10.2. The van der Waals surface area contributed by atoms with Crippen molar-refractivity contribution in [1.82, 2.24) is 15.0 Å². The zero-order valence-corrected chi connectivity index (χ0v) is 18.5. The Labute approximate surface area is 187 Å². The normalized spacial score (nSPS) is 13.7. The molecule has 1 aromatic carbocycles. The predicted octanol–water partition coefficient (Wildman–Crippen LogP) is 3.83. The van der Waals surface area contributed by atoms with Gasteiger partial charge in [-0.05, 0) is 12.1 Å². The minimum atomic E-state index is -1.04. The Morgan fingerprint density at radius 2 is 2.00 bits per heavy atom. The maximum atomic E-state index is 13.8. The third kappa shape index (κ3) is 4.19. The molecule has 32 heavy (non-hydrogen) atoms. The van der Waals surface area contributed by atoms with Crippen molar-refractivity contribution < 1.29 is 13.6 Å². The van der Waals surface area contributed by atoms with Crippen LogP contribution >= 0.6 is 11.3 Å². The molecule has 0 saturated heterocycles. The van der Waals surface area contributed by atoms with Crippen molar-refractivity contribution in [2.75, 3.05) is 23.4 Å². The van der Waals surface area contributed by atoms with Crippen molar-refractivity contribution >= 4 is 51.9 Å². The Kier molecular flexibility index (Phi) is 6.89. The van der Waals surface area contributed by atoms with E-state index in [2.05, 4.69) is 15.0 Å². The third-order valence-corrected chi connectivity index (χ3v) is 5.39. The third-order valence-electron chi connectivity index (χ3n) is 4.59. The number of nitrogens with zero attached hydrogens (tertiary/aromatic N) is 5. The van der Waals surface area contributed by atoms with E-state index in [1.54, 1.807) is 18.6 Å². The zero-order chi connectivity index (χ0) is 23.4. The fraction of sp³-hybridized carbons (Fsp3) is 0.190. The standard InChI is InChI=1S/C19H15F2N7OS.C2H6/c1-27-14-8-25-17(11(7-22)16(23)19-24-4-5-30-19)26-18(14)28(9-15(27)29)10-2-3-12(20)13(21)6-10;1-2/h2-8,22H,9,23H2,1H3;1-2H3/b16-11+,22-7?;. The second-order valence-electron chi connectivity index (χ2n) is 6.35. The fourth-order valence-electron chi connectivity index (χ4n) is 2.98. The van der Waals surface area contributed by atoms with E-state index in [4.69, 9.17) is 11.1 Å². The summed E-state index contributed by atoms with van der Waals surface area (Å²) in [5, 5.41) is 10.0. The first-order chi connectivity index (χ1) is 15.4. The van der Waals surface area contributed by atoms with E-state index < -0.39 is 11.6 Å². The number of aromatic nitrogens is 3. The second kappa shape index (κ2) is 9.60. The van der Waals surface area contributed by atoms with Crippen LogP contribution in [0.5, 0.6) is 0 Å². The van der Waals surface area contributed by atoms with E-state index in [0.717, 1.165) is 18.3 Å². The van der Waals surface area contributed by atoms with Gasteiger partial charge < -0.3 is 20.9 Å². The van der Waals surface area contributed by atoms with Crippen LogP contribution in [-0.2, 0) is 4.79 Å². The predicted molar refractivity (Wildman–Crippen MR) is 122 cm³/mol. The molecule has 0 spiro atoms. The molecule has 0 atom stereocenters. The fourth-order valence-corrected chi connectivity index (χ4v) is 3.59. The van der Waals surface area contributed by atoms with E-state index in [1.165, 1.54) is 33.4 Å². The summed E-state index contributed by atoms with van der Waals surface area (Å²) in [6, 6.07) is 3.34. The number of rotatable bonds is 4. The van der Waals surface area contributed by atoms with Crippen molar-refractivity contribution in [3.05, 3.63) is 58.4 Å². The van der Waals surface area contributed by atoms with Crippen LogP contribution < -0.4 is 15.5 Å². The molecule has 3 aromatic rings. The van der Waals surface area contributed by atoms with Crippen LogP contribution in [0.3, 0.4) is 0 Å². The molecule has 0 radical (unpaired) electrons. The van der Waals surface area contributed by atoms with E-state index >= 15 is 0 Å². The summed E-state index contributed by atoms with van der Waals surface area (Å²) in [4.78, 5) is 28.2. The van der Waals surface area contributed by atoms with Gasteiger partial charge >= 0.3 is 0 Å². The lowest BCUT2D eigenvalue weighted by Gasteiger charge is -2.34. The molecule has 166 valence electrons. The van der Waals surface area contributed by atoms with E-state index in [-0.39, 0.29) is 35.2 Å². The number of thiazole rings is 1. The van der Waals surface area contributed by atoms with E-state index in [1.807, 2.05) is 13.8 Å². The van der Waals surface area contributed by atoms with E-state index in [9.17, 15) is 13.6 Å². The maximum absolute atomic E-state index is 13.8. The number of carbonyl (C=O) groups excluding carboxylic acids is 1. The van der Waals surface area contributed by atoms with Crippen molar-refractivity contribution in [2.45, 2.75) is 13.8 Å². The molecule has 8 nitrogen and oxygen atoms in total. The van der Waals surface area contributed by atoms with Crippen molar-refractivity contribution in [1.29, 1.82) is 5.41 Å². The van der Waals surface area contributed by atoms with E-state index in [0.29, 0.717) is 16.5 Å². The SMILES string of the molecule is CC.CN1C(=O)CN(c2ccc(F)c(F)c2)c2nc(/C(C=N)=C(/N)c3nccs3)ncc21. The molecule has 0 aliphatic carbocycles. The van der Waals surface area contributed by atoms with Gasteiger partial charge in [-0.25, -0.2) is 23.7 Å². The van der Waals surface area contributed by atoms with Crippen LogP contribution in [0, 0.1) is 17.0 Å². The molecular formula is C21H21F2N7OS. The molecule has 0 unspecified atom stereocenters. The van der Waals surface area contributed by atoms with Crippen LogP contribution in [0.25, 0.3) is 11.3 Å². The Morgan fingerprint density at radius 3 is 2.62 bits per heavy atom. The van der Waals surface area contributed by atoms with Gasteiger partial charge in [0.1, 0.15) is 17.2 Å². The first-order valence-electron chi connectivity index (χ1n) is 9.67. The van der Waals surface area contributed by atoms with Gasteiger partial charge in [-0.3, -0.25) is 4.79 Å². The summed E-state index contributed by atoms with van der Waals surface area (Å²) in [5.41, 5.74) is 7.29. The summed E-state index contributed by atoms with van der Waals surface area (Å²) in [7, 11) is 1.57. The highest BCUT2D eigenvalue weighted by Crippen LogP contribution is 2.36. The van der Waals surface area contributed by atoms with Gasteiger partial charge in [0.05, 0.1) is 17.5 Å². The highest BCUT2D eigenvalue weighted by Gasteiger charge is 2.31. The number of hydrogen-bond acceptors (Lipinski definition) is 8. The van der Waals surface area contributed by atoms with Gasteiger partial charge in [0.25, 0.3) is 0 Å². The minimum absolute atomic E-state index is 0.128. The summed E-state index contributed by atoms with van der Waals surface area (Å²) in [5.74, 6) is -1.85. The monoisotopic (exact) mass is 457 g/mol. The van der Waals surface area contributed by atoms with Gasteiger partial charge in [-0.1, -0.05) is 13.8 Å². The minimum Gasteiger partial charge on any atom is -0.396 e. The number of amides is 1. The largest absolute Gasteiger partial charge is 0.396 e. The first-order valence-corrected chi connectivity index (χ1v) is 10.5. The molecule has 3 heterocycles. The van der Waals surface area contributed by atoms with Crippen molar-refractivity contribution in [2.24, 2.45) is 5.73 Å². The first kappa shape index (κ1) is 22.9. The smallest absolute Gasteiger partial charge is 0.246 e. The Bertz CT molecular complexity index is 1180. The topological polar surface area (TPSA) is 112 Å². The maximum Gasteiger partial charge on any atom is 0.246 e. The molecule has 1 aliphatic heterocycles. The second-order valence-corrected chi connectivity index (χ2v) is 7.24. The number of likely N-dealkylation sites (N-methyl/N-ethyl adjacent to an activating group) is 1. The number of benzene rings is 1. The van der Waals surface area contributed by atoms with Crippen LogP contribution in [-0.4, -0.2) is 40.7 Å². The molecule has 2 aromatic heterocycles. The molecule has 0 bridgehead atoms. The van der Waals surface area contributed by atoms with Gasteiger partial charge in [0, 0.05) is 36.6 Å². The molecular weight excluding hydrogens is 436 g/mol. The lowest BCUT2D eigenvalue weighted by Crippen LogP contribution is -2.42. The number of carbonyl (C=O) groups is 1. The summed E-state index contributed by atoms with van der Waals surface area (Å²) in [6.07, 6.45) is 4.05. The number of anilines is 3. The molecule has 0 fully saturated rings. The molecule has 1 aliphatic rings. The summed E-state index contributed by atoms with van der Waals surface area (Å²) < 4.78 is 27.2. The number of halogens is 2. The highest BCUT2D eigenvalue weighted by molar-refractivity contribution is 7.10. The average Bonchev–Trinajstić information content (AvgIpc) is 3.35. The van der Waals surface area contributed by atoms with Crippen LogP contribution in [0.4, 0.5) is 26.0 Å². The van der Waals surface area contributed by atoms with Crippen molar-refractivity contribution in [3.63, 3.8) is 0 Å². The summed E-state index contributed by atoms with van der Waals surface area (Å²) >= 11 is 1.31. The van der Waals surface area contributed by atoms with Gasteiger partial charge in [0.2, 0.25) is 5.91 Å². The molecule has 0 saturated carbocycles. The Morgan fingerprint density at radius 1 is 1.25 bits per heavy atom. The number of nitrogens with one attached hydrogen (secondary N) is 1. The van der Waals surface area contributed by atoms with Gasteiger partial charge in [0.15, 0.2) is 23.3 Å². The highest BCUT2D eigenvalue weighted by atomic mass is 32.1. The van der Waals surface area contributed by atoms with Gasteiger partial charge in [-0.15, -0.1) is 11.3 Å². The lowest BCUT2D eigenvalue weighted by molar-refractivity contribution is -0.117. The van der Waals surface area contributed by atoms with Crippen LogP contribution in [0.1, 0.15) is 24.7 Å². The zero-order valence-electron chi connectivity index (χ0n) is 17.6. The van der Waals surface area contributed by atoms with Crippen LogP contribution in [0.2, 0.25) is 0 Å². The Balaban J connectivity index is 0.00000141. The van der Waals surface area contributed by atoms with Gasteiger partial charge in [-0.2, -0.15) is 0 Å². The molecule has 1 amide bonds. The Hall–Kier alpha value is -3.73. The number of hydrogen-bond donors (Lipinski definition) is 2. The number of nitrogens with two attached hydrogens (primary N) is 1. The summed E-state index contributed by atoms with van der Waals surface area (Å²) in [6.45, 7) is 3.87. The van der Waals surface area contributed by atoms with Crippen LogP contribution in [0.15, 0.2) is 36.0 Å². The quantitative estimate of drug-likeness (QED) is 0.576. The molecule has 3 N–H and O–H groups in total. The molecule has 11 heteroatoms. The van der Waals surface area contributed by atoms with Crippen molar-refractivity contribution in [3.8, 4) is 0 Å². The number of fused-ring (bicyclic) bond motifs is 1.